The molecule has 0 unspecified atom stereocenters. The molecule has 0 saturated heterocycles. The van der Waals surface area contributed by atoms with Crippen LogP contribution in [0.5, 0.6) is 0 Å². The van der Waals surface area contributed by atoms with Crippen LogP contribution < -0.4 is 0 Å². The second-order valence-electron chi connectivity index (χ2n) is 4.49. The van der Waals surface area contributed by atoms with E-state index in [1.807, 2.05) is 91.1 Å². The molecule has 0 aliphatic heterocycles. The van der Waals surface area contributed by atoms with E-state index in [2.05, 4.69) is 19.1 Å². The van der Waals surface area contributed by atoms with E-state index in [-0.39, 0.29) is 0 Å². The van der Waals surface area contributed by atoms with E-state index in [1.54, 1.807) is 6.08 Å². The quantitative estimate of drug-likeness (QED) is 0.369. The number of hydrogen-bond donors (Lipinski definition) is 0. The molecule has 0 bridgehead atoms. The lowest BCUT2D eigenvalue weighted by Gasteiger charge is -1.79. The highest BCUT2D eigenvalue weighted by Gasteiger charge is 1.68. The number of unbranched alkanes of at least 4 members (excludes halogenated alkanes) is 1. The summed E-state index contributed by atoms with van der Waals surface area (Å²) in [5.41, 5.74) is 0. The van der Waals surface area contributed by atoms with Crippen LogP contribution in [0.2, 0.25) is 0 Å². The van der Waals surface area contributed by atoms with Crippen LogP contribution in [0.4, 0.5) is 0 Å². The topological polar surface area (TPSA) is 0 Å². The summed E-state index contributed by atoms with van der Waals surface area (Å²) in [6.07, 6.45) is 39.6. The van der Waals surface area contributed by atoms with Gasteiger partial charge in [-0.2, -0.15) is 0 Å². The van der Waals surface area contributed by atoms with Crippen molar-refractivity contribution in [3.05, 3.63) is 122 Å². The fraction of sp³-hybridized carbons (Fsp3) is 0.130. The summed E-state index contributed by atoms with van der Waals surface area (Å²) in [5, 5.41) is 0. The van der Waals surface area contributed by atoms with Crippen LogP contribution in [0.15, 0.2) is 115 Å². The zero-order valence-corrected chi connectivity index (χ0v) is 14.0. The van der Waals surface area contributed by atoms with Gasteiger partial charge in [0.25, 0.3) is 0 Å². The molecule has 0 heteroatoms. The third-order valence-corrected chi connectivity index (χ3v) is 2.48. The molecule has 0 amide bonds. The maximum absolute atomic E-state index is 5.21. The molecular weight excluding hydrogens is 276 g/mol. The lowest BCUT2D eigenvalue weighted by Crippen LogP contribution is -1.58. The summed E-state index contributed by atoms with van der Waals surface area (Å²) in [7, 11) is 0. The van der Waals surface area contributed by atoms with Crippen molar-refractivity contribution in [1.29, 1.82) is 0 Å². The van der Waals surface area contributed by atoms with Gasteiger partial charge >= 0.3 is 0 Å². The molecule has 0 heterocycles. The standard InChI is InChI=1S/C23H27/c1-3-5-7-9-11-13-15-17-19-21-23-22-20-18-16-14-12-10-8-6-4-2/h1,3,5,7-23H,4,6H2,2H3. The van der Waals surface area contributed by atoms with Gasteiger partial charge in [-0.1, -0.05) is 135 Å². The highest BCUT2D eigenvalue weighted by Crippen LogP contribution is 1.89. The highest BCUT2D eigenvalue weighted by molar-refractivity contribution is 5.22. The Bertz CT molecular complexity index is 526. The molecule has 0 atom stereocenters. The van der Waals surface area contributed by atoms with Crippen LogP contribution in [-0.2, 0) is 0 Å². The van der Waals surface area contributed by atoms with Crippen LogP contribution in [-0.4, -0.2) is 0 Å². The molecular formula is C23H27. The van der Waals surface area contributed by atoms with Crippen molar-refractivity contribution >= 4 is 0 Å². The molecule has 0 nitrogen and oxygen atoms in total. The Morgan fingerprint density at radius 1 is 0.478 bits per heavy atom. The molecule has 0 aromatic rings. The molecule has 1 radical (unpaired) electrons. The summed E-state index contributed by atoms with van der Waals surface area (Å²) in [4.78, 5) is 0. The summed E-state index contributed by atoms with van der Waals surface area (Å²) in [6.45, 7) is 7.38. The smallest absolute Gasteiger partial charge is 0.0350 e. The van der Waals surface area contributed by atoms with Gasteiger partial charge in [-0.25, -0.2) is 0 Å². The first-order valence-corrected chi connectivity index (χ1v) is 7.95. The molecule has 0 aromatic heterocycles. The van der Waals surface area contributed by atoms with Crippen molar-refractivity contribution in [3.63, 3.8) is 0 Å². The third kappa shape index (κ3) is 19.4. The minimum absolute atomic E-state index is 1.14. The Balaban J connectivity index is 3.85. The van der Waals surface area contributed by atoms with E-state index in [0.29, 0.717) is 0 Å². The average Bonchev–Trinajstić information content (AvgIpc) is 2.57. The van der Waals surface area contributed by atoms with E-state index < -0.39 is 0 Å². The van der Waals surface area contributed by atoms with Gasteiger partial charge in [-0.3, -0.25) is 0 Å². The first-order chi connectivity index (χ1) is 11.4. The molecule has 0 aliphatic carbocycles. The van der Waals surface area contributed by atoms with Crippen molar-refractivity contribution in [2.75, 3.05) is 0 Å². The lowest BCUT2D eigenvalue weighted by atomic mass is 10.3. The highest BCUT2D eigenvalue weighted by atomic mass is 13.8. The minimum Gasteiger partial charge on any atom is -0.0845 e. The van der Waals surface area contributed by atoms with E-state index in [0.717, 1.165) is 6.42 Å². The maximum atomic E-state index is 5.21. The number of hydrogen-bond acceptors (Lipinski definition) is 0. The molecule has 0 aromatic carbocycles. The zero-order valence-electron chi connectivity index (χ0n) is 14.0. The molecule has 0 fully saturated rings. The van der Waals surface area contributed by atoms with Crippen LogP contribution in [0.1, 0.15) is 19.8 Å². The Labute approximate surface area is 142 Å². The van der Waals surface area contributed by atoms with Crippen LogP contribution in [0.3, 0.4) is 0 Å². The monoisotopic (exact) mass is 303 g/mol. The molecule has 0 aliphatic rings. The zero-order chi connectivity index (χ0) is 16.8. The minimum atomic E-state index is 1.14. The van der Waals surface area contributed by atoms with Gasteiger partial charge in [0.15, 0.2) is 0 Å². The summed E-state index contributed by atoms with van der Waals surface area (Å²) in [6, 6.07) is 0. The first kappa shape index (κ1) is 20.4. The van der Waals surface area contributed by atoms with Gasteiger partial charge in [-0.05, 0) is 6.42 Å². The normalized spacial score (nSPS) is 14.1. The van der Waals surface area contributed by atoms with Crippen molar-refractivity contribution in [3.8, 4) is 0 Å². The van der Waals surface area contributed by atoms with Gasteiger partial charge in [-0.15, -0.1) is 0 Å². The van der Waals surface area contributed by atoms with Crippen molar-refractivity contribution in [2.24, 2.45) is 0 Å². The third-order valence-electron chi connectivity index (χ3n) is 2.48. The molecule has 23 heavy (non-hydrogen) atoms. The Kier molecular flexibility index (Phi) is 17.2. The number of rotatable bonds is 11. The van der Waals surface area contributed by atoms with Gasteiger partial charge in [0.05, 0.1) is 0 Å². The summed E-state index contributed by atoms with van der Waals surface area (Å²) < 4.78 is 0. The first-order valence-electron chi connectivity index (χ1n) is 7.95. The van der Waals surface area contributed by atoms with Gasteiger partial charge in [0.1, 0.15) is 0 Å². The average molecular weight is 303 g/mol. The second-order valence-corrected chi connectivity index (χ2v) is 4.49. The van der Waals surface area contributed by atoms with Crippen molar-refractivity contribution in [2.45, 2.75) is 19.8 Å². The van der Waals surface area contributed by atoms with Gasteiger partial charge in [0, 0.05) is 0 Å². The van der Waals surface area contributed by atoms with E-state index in [1.165, 1.54) is 12.5 Å². The predicted octanol–water partition coefficient (Wildman–Crippen LogP) is 6.78. The molecule has 0 saturated carbocycles. The lowest BCUT2D eigenvalue weighted by molar-refractivity contribution is 0.959. The molecule has 0 N–H and O–H groups in total. The second kappa shape index (κ2) is 19.4. The predicted molar refractivity (Wildman–Crippen MR) is 106 cm³/mol. The Morgan fingerprint density at radius 2 is 0.783 bits per heavy atom. The molecule has 119 valence electrons. The summed E-state index contributed by atoms with van der Waals surface area (Å²) >= 11 is 0. The Morgan fingerprint density at radius 3 is 1.09 bits per heavy atom. The van der Waals surface area contributed by atoms with Crippen LogP contribution in [0.25, 0.3) is 0 Å². The maximum Gasteiger partial charge on any atom is -0.0350 e. The van der Waals surface area contributed by atoms with E-state index in [9.17, 15) is 0 Å². The van der Waals surface area contributed by atoms with Crippen molar-refractivity contribution < 1.29 is 0 Å². The van der Waals surface area contributed by atoms with Gasteiger partial charge in [0.2, 0.25) is 0 Å². The van der Waals surface area contributed by atoms with Gasteiger partial charge < -0.3 is 0 Å². The fourth-order valence-corrected chi connectivity index (χ4v) is 1.37. The Hall–Kier alpha value is -2.60. The van der Waals surface area contributed by atoms with Crippen LogP contribution in [0, 0.1) is 6.58 Å². The fourth-order valence-electron chi connectivity index (χ4n) is 1.37. The summed E-state index contributed by atoms with van der Waals surface area (Å²) in [5.74, 6) is 0. The van der Waals surface area contributed by atoms with E-state index in [4.69, 9.17) is 6.58 Å². The largest absolute Gasteiger partial charge is 0.0845 e. The molecule has 0 rings (SSSR count). The van der Waals surface area contributed by atoms with E-state index >= 15 is 0 Å². The van der Waals surface area contributed by atoms with Crippen LogP contribution >= 0.6 is 0 Å². The molecule has 0 spiro atoms. The number of allylic oxidation sites excluding steroid dienone is 19. The SMILES string of the molecule is [CH]=CC=CC=CC=CC=CC=CC=CC=CC=CC=CCCC. The van der Waals surface area contributed by atoms with Crippen molar-refractivity contribution in [1.82, 2.24) is 0 Å².